The van der Waals surface area contributed by atoms with Crippen molar-refractivity contribution < 1.29 is 4.74 Å². The van der Waals surface area contributed by atoms with Crippen molar-refractivity contribution >= 4 is 21.4 Å². The van der Waals surface area contributed by atoms with Gasteiger partial charge >= 0.3 is 0 Å². The van der Waals surface area contributed by atoms with Crippen LogP contribution in [0.2, 0.25) is 0 Å². The molecule has 0 amide bonds. The fourth-order valence-corrected chi connectivity index (χ4v) is 5.48. The second kappa shape index (κ2) is 9.87. The van der Waals surface area contributed by atoms with E-state index in [4.69, 9.17) is 4.74 Å². The van der Waals surface area contributed by atoms with E-state index in [1.807, 2.05) is 55.7 Å². The van der Waals surface area contributed by atoms with Gasteiger partial charge in [-0.3, -0.25) is 9.69 Å². The zero-order valence-corrected chi connectivity index (χ0v) is 19.6. The Labute approximate surface area is 197 Å². The zero-order valence-electron chi connectivity index (χ0n) is 18.8. The van der Waals surface area contributed by atoms with Crippen molar-refractivity contribution in [3.05, 3.63) is 81.7 Å². The van der Waals surface area contributed by atoms with Crippen LogP contribution in [0.3, 0.4) is 0 Å². The molecule has 0 bridgehead atoms. The molecular weight excluding hydrogens is 432 g/mol. The van der Waals surface area contributed by atoms with Gasteiger partial charge in [0.2, 0.25) is 5.88 Å². The highest BCUT2D eigenvalue weighted by atomic mass is 32.1. The molecule has 1 aliphatic rings. The molecular formula is C26H28N4O2S. The minimum Gasteiger partial charge on any atom is -0.473 e. The molecule has 1 aromatic carbocycles. The van der Waals surface area contributed by atoms with E-state index in [-0.39, 0.29) is 5.56 Å². The molecule has 33 heavy (non-hydrogen) atoms. The Hall–Kier alpha value is -3.00. The zero-order chi connectivity index (χ0) is 22.6. The molecule has 170 valence electrons. The van der Waals surface area contributed by atoms with Gasteiger partial charge in [-0.2, -0.15) is 0 Å². The molecule has 1 N–H and O–H groups in total. The van der Waals surface area contributed by atoms with E-state index >= 15 is 0 Å². The number of hydrogen-bond acceptors (Lipinski definition) is 6. The molecule has 0 spiro atoms. The van der Waals surface area contributed by atoms with E-state index < -0.39 is 0 Å². The standard InChI is InChI=1S/C26H28N4O2S/c1-29-17-23(20-8-10-28-24(14-20)32-18-19-6-3-2-4-7-19)25-22(26(29)31)15-21(33-25)16-30-12-5-9-27-11-13-30/h2-4,6-8,10,14-15,17,27H,5,9,11-13,16,18H2,1H3. The van der Waals surface area contributed by atoms with Gasteiger partial charge in [0.15, 0.2) is 0 Å². The van der Waals surface area contributed by atoms with E-state index in [9.17, 15) is 4.79 Å². The van der Waals surface area contributed by atoms with Gasteiger partial charge in [0.05, 0.1) is 5.39 Å². The number of aromatic nitrogens is 2. The van der Waals surface area contributed by atoms with Crippen LogP contribution in [-0.2, 0) is 20.2 Å². The molecule has 7 heteroatoms. The number of thiophene rings is 1. The summed E-state index contributed by atoms with van der Waals surface area (Å²) >= 11 is 1.72. The summed E-state index contributed by atoms with van der Waals surface area (Å²) in [7, 11) is 1.82. The summed E-state index contributed by atoms with van der Waals surface area (Å²) in [5.74, 6) is 0.576. The molecule has 0 unspecified atom stereocenters. The van der Waals surface area contributed by atoms with Gasteiger partial charge in [0.25, 0.3) is 5.56 Å². The highest BCUT2D eigenvalue weighted by molar-refractivity contribution is 7.19. The Morgan fingerprint density at radius 3 is 2.88 bits per heavy atom. The van der Waals surface area contributed by atoms with Crippen molar-refractivity contribution in [3.8, 4) is 17.0 Å². The van der Waals surface area contributed by atoms with E-state index in [1.165, 1.54) is 4.88 Å². The smallest absolute Gasteiger partial charge is 0.259 e. The third kappa shape index (κ3) is 5.00. The van der Waals surface area contributed by atoms with Crippen LogP contribution in [-0.4, -0.2) is 40.6 Å². The van der Waals surface area contributed by atoms with Gasteiger partial charge < -0.3 is 14.6 Å². The first kappa shape index (κ1) is 21.8. The maximum atomic E-state index is 12.9. The lowest BCUT2D eigenvalue weighted by Crippen LogP contribution is -2.27. The quantitative estimate of drug-likeness (QED) is 0.471. The molecule has 0 saturated carbocycles. The lowest BCUT2D eigenvalue weighted by atomic mass is 10.1. The number of ether oxygens (including phenoxy) is 1. The molecule has 1 aliphatic heterocycles. The second-order valence-electron chi connectivity index (χ2n) is 8.45. The number of benzene rings is 1. The summed E-state index contributed by atoms with van der Waals surface area (Å²) in [4.78, 5) is 21.0. The van der Waals surface area contributed by atoms with Gasteiger partial charge in [-0.1, -0.05) is 30.3 Å². The molecule has 6 nitrogen and oxygen atoms in total. The van der Waals surface area contributed by atoms with E-state index in [1.54, 1.807) is 22.1 Å². The minimum absolute atomic E-state index is 0.0448. The predicted octanol–water partition coefficient (Wildman–Crippen LogP) is 4.04. The van der Waals surface area contributed by atoms with Crippen LogP contribution >= 0.6 is 11.3 Å². The third-order valence-corrected chi connectivity index (χ3v) is 7.14. The van der Waals surface area contributed by atoms with Gasteiger partial charge in [-0.15, -0.1) is 11.3 Å². The molecule has 0 radical (unpaired) electrons. The number of fused-ring (bicyclic) bond motifs is 1. The fraction of sp³-hybridized carbons (Fsp3) is 0.308. The molecule has 0 aliphatic carbocycles. The van der Waals surface area contributed by atoms with Crippen LogP contribution in [0, 0.1) is 0 Å². The maximum Gasteiger partial charge on any atom is 0.259 e. The van der Waals surface area contributed by atoms with Gasteiger partial charge in [-0.25, -0.2) is 4.98 Å². The summed E-state index contributed by atoms with van der Waals surface area (Å²) in [5.41, 5.74) is 3.18. The van der Waals surface area contributed by atoms with Crippen molar-refractivity contribution in [1.29, 1.82) is 0 Å². The molecule has 0 atom stereocenters. The summed E-state index contributed by atoms with van der Waals surface area (Å²) in [6, 6.07) is 16.1. The van der Waals surface area contributed by atoms with Crippen molar-refractivity contribution in [2.45, 2.75) is 19.6 Å². The molecule has 5 rings (SSSR count). The Balaban J connectivity index is 1.45. The SMILES string of the molecule is Cn1cc(-c2ccnc(OCc3ccccc3)c2)c2sc(CN3CCCNCC3)cc2c1=O. The van der Waals surface area contributed by atoms with Crippen LogP contribution in [0.4, 0.5) is 0 Å². The van der Waals surface area contributed by atoms with Gasteiger partial charge in [0, 0.05) is 60.3 Å². The number of nitrogens with one attached hydrogen (secondary N) is 1. The van der Waals surface area contributed by atoms with Crippen molar-refractivity contribution in [2.24, 2.45) is 7.05 Å². The van der Waals surface area contributed by atoms with Crippen molar-refractivity contribution in [1.82, 2.24) is 19.8 Å². The Morgan fingerprint density at radius 1 is 1.12 bits per heavy atom. The number of hydrogen-bond donors (Lipinski definition) is 1. The molecule has 1 fully saturated rings. The molecule has 4 aromatic rings. The molecule has 1 saturated heterocycles. The molecule has 4 heterocycles. The Bertz CT molecular complexity index is 1290. The number of nitrogens with zero attached hydrogens (tertiary/aromatic N) is 3. The first-order valence-corrected chi connectivity index (χ1v) is 12.2. The minimum atomic E-state index is 0.0448. The first-order chi connectivity index (χ1) is 16.2. The average Bonchev–Trinajstić information content (AvgIpc) is 3.09. The van der Waals surface area contributed by atoms with Crippen molar-refractivity contribution in [3.63, 3.8) is 0 Å². The lowest BCUT2D eigenvalue weighted by Gasteiger charge is -2.17. The summed E-state index contributed by atoms with van der Waals surface area (Å²) in [5, 5.41) is 4.24. The topological polar surface area (TPSA) is 59.4 Å². The van der Waals surface area contributed by atoms with E-state index in [0.29, 0.717) is 12.5 Å². The number of rotatable bonds is 6. The largest absolute Gasteiger partial charge is 0.473 e. The summed E-state index contributed by atoms with van der Waals surface area (Å²) in [6.07, 6.45) is 4.85. The number of pyridine rings is 2. The first-order valence-electron chi connectivity index (χ1n) is 11.4. The highest BCUT2D eigenvalue weighted by Gasteiger charge is 2.16. The van der Waals surface area contributed by atoms with E-state index in [2.05, 4.69) is 21.3 Å². The fourth-order valence-electron chi connectivity index (χ4n) is 4.25. The summed E-state index contributed by atoms with van der Waals surface area (Å²) in [6.45, 7) is 5.55. The van der Waals surface area contributed by atoms with Gasteiger partial charge in [0.1, 0.15) is 6.61 Å². The van der Waals surface area contributed by atoms with E-state index in [0.717, 1.165) is 65.9 Å². The van der Waals surface area contributed by atoms with Crippen LogP contribution in [0.1, 0.15) is 16.9 Å². The van der Waals surface area contributed by atoms with Crippen molar-refractivity contribution in [2.75, 3.05) is 26.2 Å². The Morgan fingerprint density at radius 2 is 2.00 bits per heavy atom. The van der Waals surface area contributed by atoms with Crippen LogP contribution < -0.4 is 15.6 Å². The third-order valence-electron chi connectivity index (χ3n) is 5.99. The Kier molecular flexibility index (Phi) is 6.53. The van der Waals surface area contributed by atoms with Gasteiger partial charge in [-0.05, 0) is 42.8 Å². The van der Waals surface area contributed by atoms with Crippen LogP contribution in [0.25, 0.3) is 21.2 Å². The average molecular weight is 461 g/mol. The van der Waals surface area contributed by atoms with Crippen LogP contribution in [0.5, 0.6) is 5.88 Å². The lowest BCUT2D eigenvalue weighted by molar-refractivity contribution is 0.287. The maximum absolute atomic E-state index is 12.9. The number of aryl methyl sites for hydroxylation is 1. The highest BCUT2D eigenvalue weighted by Crippen LogP contribution is 2.34. The monoisotopic (exact) mass is 460 g/mol. The summed E-state index contributed by atoms with van der Waals surface area (Å²) < 4.78 is 8.65. The molecule has 3 aromatic heterocycles. The van der Waals surface area contributed by atoms with Crippen LogP contribution in [0.15, 0.2) is 65.7 Å². The predicted molar refractivity (Wildman–Crippen MR) is 134 cm³/mol. The normalized spacial score (nSPS) is 14.9. The second-order valence-corrected chi connectivity index (χ2v) is 9.59.